The van der Waals surface area contributed by atoms with Crippen LogP contribution in [-0.4, -0.2) is 25.8 Å². The fourth-order valence-electron chi connectivity index (χ4n) is 1.68. The summed E-state index contributed by atoms with van der Waals surface area (Å²) >= 11 is 3.50. The van der Waals surface area contributed by atoms with Gasteiger partial charge < -0.3 is 9.64 Å². The molecule has 1 aliphatic rings. The second kappa shape index (κ2) is 4.65. The first-order chi connectivity index (χ1) is 7.33. The third-order valence-electron chi connectivity index (χ3n) is 2.44. The Morgan fingerprint density at radius 1 is 1.47 bits per heavy atom. The van der Waals surface area contributed by atoms with E-state index >= 15 is 0 Å². The van der Waals surface area contributed by atoms with Crippen molar-refractivity contribution in [3.8, 4) is 6.07 Å². The normalized spacial score (nSPS) is 21.1. The molecule has 1 aromatic rings. The minimum absolute atomic E-state index is 0.183. The first kappa shape index (κ1) is 10.5. The van der Waals surface area contributed by atoms with Crippen molar-refractivity contribution in [3.05, 3.63) is 28.7 Å². The monoisotopic (exact) mass is 266 g/mol. The highest BCUT2D eigenvalue weighted by Gasteiger charge is 2.23. The van der Waals surface area contributed by atoms with E-state index in [0.29, 0.717) is 13.2 Å². The summed E-state index contributed by atoms with van der Waals surface area (Å²) < 4.78 is 6.31. The van der Waals surface area contributed by atoms with Gasteiger partial charge >= 0.3 is 0 Å². The molecule has 1 unspecified atom stereocenters. The van der Waals surface area contributed by atoms with Crippen LogP contribution in [0.5, 0.6) is 0 Å². The lowest BCUT2D eigenvalue weighted by molar-refractivity contribution is 0.107. The summed E-state index contributed by atoms with van der Waals surface area (Å²) in [5.74, 6) is 0. The number of nitriles is 1. The lowest BCUT2D eigenvalue weighted by atomic mass is 10.2. The van der Waals surface area contributed by atoms with Crippen LogP contribution in [0.4, 0.5) is 5.69 Å². The Labute approximate surface area is 97.4 Å². The number of halogens is 1. The summed E-state index contributed by atoms with van der Waals surface area (Å²) in [7, 11) is 0. The molecule has 0 bridgehead atoms. The van der Waals surface area contributed by atoms with E-state index < -0.39 is 0 Å². The van der Waals surface area contributed by atoms with E-state index in [2.05, 4.69) is 26.9 Å². The van der Waals surface area contributed by atoms with E-state index in [0.717, 1.165) is 16.7 Å². The van der Waals surface area contributed by atoms with Crippen LogP contribution in [0, 0.1) is 11.3 Å². The van der Waals surface area contributed by atoms with Crippen molar-refractivity contribution < 1.29 is 4.74 Å². The van der Waals surface area contributed by atoms with E-state index in [1.54, 1.807) is 0 Å². The highest BCUT2D eigenvalue weighted by Crippen LogP contribution is 2.28. The molecule has 1 fully saturated rings. The molecule has 1 atom stereocenters. The predicted octanol–water partition coefficient (Wildman–Crippen LogP) is 2.18. The average Bonchev–Trinajstić information content (AvgIpc) is 2.30. The molecule has 0 spiro atoms. The van der Waals surface area contributed by atoms with Crippen molar-refractivity contribution in [2.45, 2.75) is 6.04 Å². The molecule has 15 heavy (non-hydrogen) atoms. The lowest BCUT2D eigenvalue weighted by Gasteiger charge is -2.33. The first-order valence-corrected chi connectivity index (χ1v) is 5.61. The SMILES string of the molecule is N#CC1COCCN1c1ccccc1Br. The van der Waals surface area contributed by atoms with Crippen molar-refractivity contribution in [2.24, 2.45) is 0 Å². The lowest BCUT2D eigenvalue weighted by Crippen LogP contribution is -2.44. The van der Waals surface area contributed by atoms with E-state index in [1.165, 1.54) is 0 Å². The number of morpholine rings is 1. The standard InChI is InChI=1S/C11H11BrN2O/c12-10-3-1-2-4-11(10)14-5-6-15-8-9(14)7-13/h1-4,9H,5-6,8H2. The summed E-state index contributed by atoms with van der Waals surface area (Å²) in [6.45, 7) is 1.93. The molecule has 0 saturated carbocycles. The molecule has 3 nitrogen and oxygen atoms in total. The number of anilines is 1. The molecule has 1 heterocycles. The van der Waals surface area contributed by atoms with Gasteiger partial charge in [0, 0.05) is 11.0 Å². The number of benzene rings is 1. The Hall–Kier alpha value is -1.05. The smallest absolute Gasteiger partial charge is 0.140 e. The largest absolute Gasteiger partial charge is 0.376 e. The average molecular weight is 267 g/mol. The Morgan fingerprint density at radius 2 is 2.27 bits per heavy atom. The summed E-state index contributed by atoms with van der Waals surface area (Å²) in [4.78, 5) is 2.08. The van der Waals surface area contributed by atoms with Crippen molar-refractivity contribution in [3.63, 3.8) is 0 Å². The van der Waals surface area contributed by atoms with Crippen LogP contribution in [-0.2, 0) is 4.74 Å². The van der Waals surface area contributed by atoms with Gasteiger partial charge in [0.25, 0.3) is 0 Å². The van der Waals surface area contributed by atoms with Crippen LogP contribution < -0.4 is 4.90 Å². The third-order valence-corrected chi connectivity index (χ3v) is 3.11. The Kier molecular flexibility index (Phi) is 3.24. The summed E-state index contributed by atoms with van der Waals surface area (Å²) in [6, 6.07) is 10.0. The summed E-state index contributed by atoms with van der Waals surface area (Å²) in [6.07, 6.45) is 0. The maximum atomic E-state index is 9.03. The molecule has 0 aromatic heterocycles. The van der Waals surface area contributed by atoms with Gasteiger partial charge in [-0.05, 0) is 28.1 Å². The Bertz CT molecular complexity index is 388. The zero-order valence-corrected chi connectivity index (χ0v) is 9.77. The maximum Gasteiger partial charge on any atom is 0.140 e. The van der Waals surface area contributed by atoms with Gasteiger partial charge in [-0.1, -0.05) is 12.1 Å². The zero-order chi connectivity index (χ0) is 10.7. The van der Waals surface area contributed by atoms with Crippen LogP contribution in [0.2, 0.25) is 0 Å². The molecule has 0 amide bonds. The first-order valence-electron chi connectivity index (χ1n) is 4.81. The third kappa shape index (κ3) is 2.14. The molecule has 78 valence electrons. The van der Waals surface area contributed by atoms with Gasteiger partial charge in [0.15, 0.2) is 0 Å². The molecule has 1 aliphatic heterocycles. The van der Waals surface area contributed by atoms with Crippen molar-refractivity contribution >= 4 is 21.6 Å². The summed E-state index contributed by atoms with van der Waals surface area (Å²) in [5, 5.41) is 9.03. The van der Waals surface area contributed by atoms with Gasteiger partial charge in [-0.2, -0.15) is 5.26 Å². The van der Waals surface area contributed by atoms with Gasteiger partial charge in [-0.25, -0.2) is 0 Å². The number of hydrogen-bond acceptors (Lipinski definition) is 3. The maximum absolute atomic E-state index is 9.03. The second-order valence-corrected chi connectivity index (χ2v) is 4.22. The second-order valence-electron chi connectivity index (χ2n) is 3.36. The Balaban J connectivity index is 2.29. The molecule has 0 aliphatic carbocycles. The topological polar surface area (TPSA) is 36.3 Å². The van der Waals surface area contributed by atoms with Crippen LogP contribution in [0.25, 0.3) is 0 Å². The molecule has 0 radical (unpaired) electrons. The van der Waals surface area contributed by atoms with Crippen molar-refractivity contribution in [1.29, 1.82) is 5.26 Å². The molecule has 0 N–H and O–H groups in total. The van der Waals surface area contributed by atoms with Gasteiger partial charge in [0.1, 0.15) is 6.04 Å². The molecule has 1 aromatic carbocycles. The highest BCUT2D eigenvalue weighted by atomic mass is 79.9. The van der Waals surface area contributed by atoms with Gasteiger partial charge in [0.2, 0.25) is 0 Å². The van der Waals surface area contributed by atoms with Crippen LogP contribution in [0.1, 0.15) is 0 Å². The number of ether oxygens (including phenoxy) is 1. The minimum Gasteiger partial charge on any atom is -0.376 e. The van der Waals surface area contributed by atoms with Crippen molar-refractivity contribution in [1.82, 2.24) is 0 Å². The number of hydrogen-bond donors (Lipinski definition) is 0. The van der Waals surface area contributed by atoms with Gasteiger partial charge in [0.05, 0.1) is 25.0 Å². The summed E-state index contributed by atoms with van der Waals surface area (Å²) in [5.41, 5.74) is 1.06. The molecule has 2 rings (SSSR count). The molecule has 4 heteroatoms. The predicted molar refractivity (Wildman–Crippen MR) is 61.7 cm³/mol. The van der Waals surface area contributed by atoms with Crippen molar-refractivity contribution in [2.75, 3.05) is 24.7 Å². The quantitative estimate of drug-likeness (QED) is 0.782. The van der Waals surface area contributed by atoms with E-state index in [4.69, 9.17) is 10.00 Å². The zero-order valence-electron chi connectivity index (χ0n) is 8.19. The highest BCUT2D eigenvalue weighted by molar-refractivity contribution is 9.10. The van der Waals surface area contributed by atoms with Crippen LogP contribution in [0.15, 0.2) is 28.7 Å². The number of nitrogens with zero attached hydrogens (tertiary/aromatic N) is 2. The molecule has 1 saturated heterocycles. The van der Waals surface area contributed by atoms with Crippen LogP contribution >= 0.6 is 15.9 Å². The van der Waals surface area contributed by atoms with E-state index in [-0.39, 0.29) is 6.04 Å². The van der Waals surface area contributed by atoms with E-state index in [9.17, 15) is 0 Å². The molecular formula is C11H11BrN2O. The minimum atomic E-state index is -0.183. The van der Waals surface area contributed by atoms with Gasteiger partial charge in [-0.15, -0.1) is 0 Å². The van der Waals surface area contributed by atoms with Gasteiger partial charge in [-0.3, -0.25) is 0 Å². The van der Waals surface area contributed by atoms with Crippen LogP contribution in [0.3, 0.4) is 0 Å². The molecular weight excluding hydrogens is 256 g/mol. The number of para-hydroxylation sites is 1. The fourth-order valence-corrected chi connectivity index (χ4v) is 2.20. The van der Waals surface area contributed by atoms with E-state index in [1.807, 2.05) is 24.3 Å². The fraction of sp³-hybridized carbons (Fsp3) is 0.364. The Morgan fingerprint density at radius 3 is 3.00 bits per heavy atom. The number of rotatable bonds is 1.